The molecule has 0 spiro atoms. The van der Waals surface area contributed by atoms with E-state index >= 15 is 0 Å². The van der Waals surface area contributed by atoms with E-state index in [1.807, 2.05) is 6.20 Å². The lowest BCUT2D eigenvalue weighted by atomic mass is 10.1. The van der Waals surface area contributed by atoms with Gasteiger partial charge in [-0.3, -0.25) is 0 Å². The van der Waals surface area contributed by atoms with E-state index in [2.05, 4.69) is 62.2 Å². The Morgan fingerprint density at radius 1 is 1.32 bits per heavy atom. The van der Waals surface area contributed by atoms with Gasteiger partial charge in [0.25, 0.3) is 0 Å². The Labute approximate surface area is 122 Å². The summed E-state index contributed by atoms with van der Waals surface area (Å²) in [5.74, 6) is 0.694. The number of aromatic nitrogens is 2. The molecule has 1 heterocycles. The number of halogens is 1. The maximum absolute atomic E-state index is 4.59. The van der Waals surface area contributed by atoms with Crippen LogP contribution in [0.2, 0.25) is 0 Å². The average molecular weight is 320 g/mol. The summed E-state index contributed by atoms with van der Waals surface area (Å²) in [6, 6.07) is 8.36. The van der Waals surface area contributed by atoms with Crippen molar-refractivity contribution in [3.05, 3.63) is 46.2 Å². The van der Waals surface area contributed by atoms with Gasteiger partial charge in [0.15, 0.2) is 0 Å². The van der Waals surface area contributed by atoms with Crippen molar-refractivity contribution in [2.24, 2.45) is 0 Å². The highest BCUT2D eigenvalue weighted by Gasteiger charge is 2.30. The normalized spacial score (nSPS) is 14.8. The molecule has 4 heteroatoms. The van der Waals surface area contributed by atoms with Crippen LogP contribution in [0.4, 0.5) is 0 Å². The van der Waals surface area contributed by atoms with E-state index in [4.69, 9.17) is 0 Å². The van der Waals surface area contributed by atoms with Crippen LogP contribution in [0.15, 0.2) is 34.9 Å². The van der Waals surface area contributed by atoms with Gasteiger partial charge >= 0.3 is 0 Å². The fourth-order valence-electron chi connectivity index (χ4n) is 2.37. The summed E-state index contributed by atoms with van der Waals surface area (Å²) in [6.45, 7) is 4.04. The quantitative estimate of drug-likeness (QED) is 0.912. The summed E-state index contributed by atoms with van der Waals surface area (Å²) in [7, 11) is 0. The molecule has 1 saturated carbocycles. The van der Waals surface area contributed by atoms with Gasteiger partial charge in [0.2, 0.25) is 0 Å². The van der Waals surface area contributed by atoms with Gasteiger partial charge in [-0.25, -0.2) is 4.68 Å². The fourth-order valence-corrected chi connectivity index (χ4v) is 2.63. The van der Waals surface area contributed by atoms with Crippen molar-refractivity contribution in [3.8, 4) is 5.69 Å². The smallest absolute Gasteiger partial charge is 0.0649 e. The molecule has 1 aromatic heterocycles. The highest BCUT2D eigenvalue weighted by molar-refractivity contribution is 9.10. The van der Waals surface area contributed by atoms with Crippen molar-refractivity contribution >= 4 is 15.9 Å². The minimum Gasteiger partial charge on any atom is -0.313 e. The lowest BCUT2D eigenvalue weighted by Gasteiger charge is -2.09. The van der Waals surface area contributed by atoms with Crippen molar-refractivity contribution in [2.45, 2.75) is 32.2 Å². The van der Waals surface area contributed by atoms with Crippen LogP contribution in [-0.4, -0.2) is 16.3 Å². The van der Waals surface area contributed by atoms with Crippen LogP contribution >= 0.6 is 15.9 Å². The van der Waals surface area contributed by atoms with Crippen LogP contribution < -0.4 is 5.32 Å². The molecule has 0 unspecified atom stereocenters. The molecule has 1 aliphatic carbocycles. The van der Waals surface area contributed by atoms with Crippen molar-refractivity contribution < 1.29 is 0 Å². The third-order valence-corrected chi connectivity index (χ3v) is 4.02. The molecular weight excluding hydrogens is 302 g/mol. The first-order chi connectivity index (χ1) is 9.29. The maximum atomic E-state index is 4.59. The van der Waals surface area contributed by atoms with Gasteiger partial charge in [-0.2, -0.15) is 5.10 Å². The predicted molar refractivity (Wildman–Crippen MR) is 80.6 cm³/mol. The van der Waals surface area contributed by atoms with Crippen LogP contribution in [0.25, 0.3) is 5.69 Å². The van der Waals surface area contributed by atoms with Gasteiger partial charge in [0.05, 0.1) is 17.6 Å². The van der Waals surface area contributed by atoms with Crippen LogP contribution in [0.1, 0.15) is 36.9 Å². The van der Waals surface area contributed by atoms with Crippen LogP contribution in [0.3, 0.4) is 0 Å². The van der Waals surface area contributed by atoms with E-state index in [1.54, 1.807) is 0 Å². The molecule has 1 N–H and O–H groups in total. The van der Waals surface area contributed by atoms with E-state index in [0.717, 1.165) is 23.2 Å². The molecule has 1 aromatic carbocycles. The Hall–Kier alpha value is -1.13. The molecular formula is C15H18BrN3. The zero-order valence-corrected chi connectivity index (χ0v) is 12.7. The zero-order valence-electron chi connectivity index (χ0n) is 11.1. The van der Waals surface area contributed by atoms with Crippen molar-refractivity contribution in [1.82, 2.24) is 15.1 Å². The van der Waals surface area contributed by atoms with Gasteiger partial charge in [0, 0.05) is 22.5 Å². The molecule has 1 aliphatic rings. The van der Waals surface area contributed by atoms with Crippen molar-refractivity contribution in [3.63, 3.8) is 0 Å². The molecule has 3 nitrogen and oxygen atoms in total. The van der Waals surface area contributed by atoms with Crippen LogP contribution in [0.5, 0.6) is 0 Å². The summed E-state index contributed by atoms with van der Waals surface area (Å²) in [4.78, 5) is 0. The number of nitrogens with one attached hydrogen (secondary N) is 1. The summed E-state index contributed by atoms with van der Waals surface area (Å²) in [5.41, 5.74) is 3.88. The van der Waals surface area contributed by atoms with Crippen LogP contribution in [0, 0.1) is 0 Å². The molecule has 0 saturated heterocycles. The minimum absolute atomic E-state index is 0.694. The van der Waals surface area contributed by atoms with Gasteiger partial charge < -0.3 is 5.32 Å². The predicted octanol–water partition coefficient (Wildman–Crippen LogP) is 3.62. The van der Waals surface area contributed by atoms with Gasteiger partial charge in [-0.15, -0.1) is 0 Å². The zero-order chi connectivity index (χ0) is 13.2. The molecule has 3 rings (SSSR count). The second kappa shape index (κ2) is 5.47. The monoisotopic (exact) mass is 319 g/mol. The SMILES string of the molecule is CCNCc1cnn(-c2ccc(Br)cc2)c1C1CC1. The molecule has 100 valence electrons. The van der Waals surface area contributed by atoms with Crippen molar-refractivity contribution in [2.75, 3.05) is 6.54 Å². The number of hydrogen-bond donors (Lipinski definition) is 1. The molecule has 0 amide bonds. The lowest BCUT2D eigenvalue weighted by Crippen LogP contribution is -2.13. The maximum Gasteiger partial charge on any atom is 0.0649 e. The minimum atomic E-state index is 0.694. The van der Waals surface area contributed by atoms with Crippen molar-refractivity contribution in [1.29, 1.82) is 0 Å². The van der Waals surface area contributed by atoms with Gasteiger partial charge in [0.1, 0.15) is 0 Å². The van der Waals surface area contributed by atoms with Gasteiger partial charge in [-0.05, 0) is 43.7 Å². The Morgan fingerprint density at radius 3 is 2.68 bits per heavy atom. The lowest BCUT2D eigenvalue weighted by molar-refractivity contribution is 0.714. The molecule has 0 radical (unpaired) electrons. The van der Waals surface area contributed by atoms with Gasteiger partial charge in [-0.1, -0.05) is 22.9 Å². The number of hydrogen-bond acceptors (Lipinski definition) is 2. The van der Waals surface area contributed by atoms with E-state index in [-0.39, 0.29) is 0 Å². The first kappa shape index (κ1) is 12.9. The summed E-state index contributed by atoms with van der Waals surface area (Å²) in [6.07, 6.45) is 4.60. The van der Waals surface area contributed by atoms with Crippen LogP contribution in [-0.2, 0) is 6.54 Å². The highest BCUT2D eigenvalue weighted by Crippen LogP contribution is 2.42. The molecule has 0 aliphatic heterocycles. The molecule has 0 bridgehead atoms. The van der Waals surface area contributed by atoms with E-state index in [1.165, 1.54) is 24.1 Å². The summed E-state index contributed by atoms with van der Waals surface area (Å²) in [5, 5.41) is 7.99. The fraction of sp³-hybridized carbons (Fsp3) is 0.400. The first-order valence-electron chi connectivity index (χ1n) is 6.83. The topological polar surface area (TPSA) is 29.9 Å². The number of rotatable bonds is 5. The highest BCUT2D eigenvalue weighted by atomic mass is 79.9. The third kappa shape index (κ3) is 2.74. The second-order valence-corrected chi connectivity index (χ2v) is 5.91. The molecule has 2 aromatic rings. The second-order valence-electron chi connectivity index (χ2n) is 5.00. The summed E-state index contributed by atoms with van der Waals surface area (Å²) < 4.78 is 3.21. The molecule has 1 fully saturated rings. The third-order valence-electron chi connectivity index (χ3n) is 3.49. The number of benzene rings is 1. The Balaban J connectivity index is 1.96. The standard InChI is InChI=1S/C15H18BrN3/c1-2-17-9-12-10-18-19(15(12)11-3-4-11)14-7-5-13(16)6-8-14/h5-8,10-11,17H,2-4,9H2,1H3. The average Bonchev–Trinajstić information content (AvgIpc) is 3.18. The van der Waals surface area contributed by atoms with E-state index in [9.17, 15) is 0 Å². The Kier molecular flexibility index (Phi) is 3.71. The number of nitrogens with zero attached hydrogens (tertiary/aromatic N) is 2. The van der Waals surface area contributed by atoms with E-state index < -0.39 is 0 Å². The van der Waals surface area contributed by atoms with E-state index in [0.29, 0.717) is 5.92 Å². The summed E-state index contributed by atoms with van der Waals surface area (Å²) >= 11 is 3.48. The molecule has 19 heavy (non-hydrogen) atoms. The largest absolute Gasteiger partial charge is 0.313 e. The molecule has 0 atom stereocenters. The Bertz CT molecular complexity index is 555. The first-order valence-corrected chi connectivity index (χ1v) is 7.62. The Morgan fingerprint density at radius 2 is 2.05 bits per heavy atom.